The van der Waals surface area contributed by atoms with Crippen LogP contribution in [0.2, 0.25) is 0 Å². The first-order chi connectivity index (χ1) is 10.7. The van der Waals surface area contributed by atoms with E-state index < -0.39 is 0 Å². The van der Waals surface area contributed by atoms with Crippen molar-refractivity contribution in [1.29, 1.82) is 5.26 Å². The van der Waals surface area contributed by atoms with Crippen molar-refractivity contribution in [1.82, 2.24) is 19.7 Å². The topological polar surface area (TPSA) is 67.0 Å². The highest BCUT2D eigenvalue weighted by molar-refractivity contribution is 5.37. The molecule has 0 bridgehead atoms. The summed E-state index contributed by atoms with van der Waals surface area (Å²) < 4.78 is 21.0. The summed E-state index contributed by atoms with van der Waals surface area (Å²) in [4.78, 5) is 2.14. The molecule has 1 unspecified atom stereocenters. The van der Waals surface area contributed by atoms with Crippen LogP contribution >= 0.6 is 0 Å². The molecule has 0 saturated carbocycles. The second-order valence-electron chi connectivity index (χ2n) is 5.31. The monoisotopic (exact) mass is 301 g/mol. The number of ether oxygens (including phenoxy) is 1. The zero-order valence-electron chi connectivity index (χ0n) is 12.2. The quantitative estimate of drug-likeness (QED) is 0.857. The van der Waals surface area contributed by atoms with Gasteiger partial charge in [-0.2, -0.15) is 5.26 Å². The van der Waals surface area contributed by atoms with Gasteiger partial charge in [0.15, 0.2) is 5.82 Å². The lowest BCUT2D eigenvalue weighted by Crippen LogP contribution is -2.38. The number of nitriles is 1. The lowest BCUT2D eigenvalue weighted by molar-refractivity contribution is -0.0386. The van der Waals surface area contributed by atoms with Crippen molar-refractivity contribution in [2.75, 3.05) is 19.7 Å². The molecule has 0 N–H and O–H groups in total. The molecule has 2 heterocycles. The van der Waals surface area contributed by atoms with Gasteiger partial charge in [0.2, 0.25) is 0 Å². The number of hydrogen-bond acceptors (Lipinski definition) is 5. The van der Waals surface area contributed by atoms with E-state index >= 15 is 0 Å². The molecule has 22 heavy (non-hydrogen) atoms. The molecule has 1 aliphatic heterocycles. The summed E-state index contributed by atoms with van der Waals surface area (Å²) in [5.74, 6) is 0.441. The Morgan fingerprint density at radius 1 is 1.50 bits per heavy atom. The van der Waals surface area contributed by atoms with E-state index in [0.29, 0.717) is 30.8 Å². The van der Waals surface area contributed by atoms with Crippen LogP contribution in [-0.2, 0) is 18.3 Å². The maximum Gasteiger partial charge on any atom is 0.163 e. The first kappa shape index (κ1) is 14.6. The molecule has 1 aliphatic rings. The average Bonchev–Trinajstić information content (AvgIpc) is 2.94. The lowest BCUT2D eigenvalue weighted by Gasteiger charge is -2.32. The molecule has 2 aromatic rings. The van der Waals surface area contributed by atoms with Gasteiger partial charge in [-0.25, -0.2) is 4.39 Å². The van der Waals surface area contributed by atoms with Crippen LogP contribution in [0.5, 0.6) is 0 Å². The Kier molecular flexibility index (Phi) is 4.13. The first-order valence-electron chi connectivity index (χ1n) is 7.03. The van der Waals surface area contributed by atoms with Gasteiger partial charge < -0.3 is 9.30 Å². The van der Waals surface area contributed by atoms with Crippen molar-refractivity contribution in [2.45, 2.75) is 12.6 Å². The van der Waals surface area contributed by atoms with Gasteiger partial charge in [0.1, 0.15) is 18.2 Å². The number of halogens is 1. The number of morpholine rings is 1. The van der Waals surface area contributed by atoms with Gasteiger partial charge in [-0.05, 0) is 23.8 Å². The Bertz CT molecular complexity index is 708. The van der Waals surface area contributed by atoms with E-state index in [0.717, 1.165) is 12.4 Å². The summed E-state index contributed by atoms with van der Waals surface area (Å²) >= 11 is 0. The Morgan fingerprint density at radius 2 is 2.36 bits per heavy atom. The van der Waals surface area contributed by atoms with Crippen LogP contribution in [0.25, 0.3) is 0 Å². The van der Waals surface area contributed by atoms with Crippen molar-refractivity contribution >= 4 is 0 Å². The number of aromatic nitrogens is 3. The summed E-state index contributed by atoms with van der Waals surface area (Å²) in [6, 6.07) is 6.36. The maximum absolute atomic E-state index is 13.4. The summed E-state index contributed by atoms with van der Waals surface area (Å²) in [5.41, 5.74) is 1.20. The van der Waals surface area contributed by atoms with Gasteiger partial charge >= 0.3 is 0 Å². The largest absolute Gasteiger partial charge is 0.368 e. The zero-order chi connectivity index (χ0) is 15.5. The molecule has 6 nitrogen and oxygen atoms in total. The highest BCUT2D eigenvalue weighted by atomic mass is 19.1. The molecule has 114 valence electrons. The van der Waals surface area contributed by atoms with Gasteiger partial charge in [-0.1, -0.05) is 0 Å². The summed E-state index contributed by atoms with van der Waals surface area (Å²) in [6.45, 7) is 2.44. The lowest BCUT2D eigenvalue weighted by atomic mass is 10.1. The van der Waals surface area contributed by atoms with Gasteiger partial charge in [0.25, 0.3) is 0 Å². The molecule has 7 heteroatoms. The smallest absolute Gasteiger partial charge is 0.163 e. The van der Waals surface area contributed by atoms with Crippen LogP contribution in [-0.4, -0.2) is 39.4 Å². The Morgan fingerprint density at radius 3 is 3.09 bits per heavy atom. The SMILES string of the molecule is Cn1cnnc1C1CN(Cc2cc(F)ccc2C#N)CCO1. The number of hydrogen-bond donors (Lipinski definition) is 0. The summed E-state index contributed by atoms with van der Waals surface area (Å²) in [5, 5.41) is 17.1. The molecular formula is C15H16FN5O. The number of benzene rings is 1. The van der Waals surface area contributed by atoms with E-state index in [9.17, 15) is 4.39 Å². The molecule has 1 fully saturated rings. The molecular weight excluding hydrogens is 285 g/mol. The number of aryl methyl sites for hydroxylation is 1. The third-order valence-electron chi connectivity index (χ3n) is 3.77. The fraction of sp³-hybridized carbons (Fsp3) is 0.400. The van der Waals surface area contributed by atoms with Crippen molar-refractivity contribution in [3.05, 3.63) is 47.3 Å². The minimum Gasteiger partial charge on any atom is -0.368 e. The summed E-state index contributed by atoms with van der Waals surface area (Å²) in [6.07, 6.45) is 1.47. The molecule has 0 spiro atoms. The molecule has 1 aromatic heterocycles. The van der Waals surface area contributed by atoms with Crippen LogP contribution in [0.3, 0.4) is 0 Å². The highest BCUT2D eigenvalue weighted by Gasteiger charge is 2.25. The second kappa shape index (κ2) is 6.22. The Labute approximate surface area is 127 Å². The standard InChI is InChI=1S/C15H16FN5O/c1-20-10-18-19-15(20)14-9-21(4-5-22-14)8-12-6-13(16)3-2-11(12)7-17/h2-3,6,10,14H,4-5,8-9H2,1H3. The number of nitrogens with zero attached hydrogens (tertiary/aromatic N) is 5. The minimum absolute atomic E-state index is 0.166. The van der Waals surface area contributed by atoms with Crippen LogP contribution in [0, 0.1) is 17.1 Å². The molecule has 0 radical (unpaired) electrons. The van der Waals surface area contributed by atoms with Crippen LogP contribution in [0.15, 0.2) is 24.5 Å². The Hall–Kier alpha value is -2.30. The van der Waals surface area contributed by atoms with Crippen LogP contribution < -0.4 is 0 Å². The third kappa shape index (κ3) is 2.98. The van der Waals surface area contributed by atoms with E-state index in [1.807, 2.05) is 11.6 Å². The normalized spacial score (nSPS) is 19.0. The fourth-order valence-corrected chi connectivity index (χ4v) is 2.63. The highest BCUT2D eigenvalue weighted by Crippen LogP contribution is 2.22. The molecule has 0 amide bonds. The van der Waals surface area contributed by atoms with Crippen LogP contribution in [0.4, 0.5) is 4.39 Å². The van der Waals surface area contributed by atoms with Gasteiger partial charge in [-0.3, -0.25) is 4.90 Å². The minimum atomic E-state index is -0.327. The van der Waals surface area contributed by atoms with E-state index in [1.165, 1.54) is 18.2 Å². The van der Waals surface area contributed by atoms with E-state index in [2.05, 4.69) is 21.2 Å². The first-order valence-corrected chi connectivity index (χ1v) is 7.03. The summed E-state index contributed by atoms with van der Waals surface area (Å²) in [7, 11) is 1.87. The molecule has 3 rings (SSSR count). The average molecular weight is 301 g/mol. The van der Waals surface area contributed by atoms with Gasteiger partial charge in [0.05, 0.1) is 18.2 Å². The maximum atomic E-state index is 13.4. The predicted molar refractivity (Wildman–Crippen MR) is 76.1 cm³/mol. The van der Waals surface area contributed by atoms with Gasteiger partial charge in [0, 0.05) is 26.7 Å². The molecule has 0 aliphatic carbocycles. The van der Waals surface area contributed by atoms with E-state index in [1.54, 1.807) is 6.33 Å². The van der Waals surface area contributed by atoms with Crippen molar-refractivity contribution in [3.63, 3.8) is 0 Å². The predicted octanol–water partition coefficient (Wildman–Crippen LogP) is 1.40. The molecule has 1 saturated heterocycles. The third-order valence-corrected chi connectivity index (χ3v) is 3.77. The fourth-order valence-electron chi connectivity index (χ4n) is 2.63. The molecule has 1 atom stereocenters. The van der Waals surface area contributed by atoms with E-state index in [-0.39, 0.29) is 11.9 Å². The van der Waals surface area contributed by atoms with Crippen molar-refractivity contribution in [3.8, 4) is 6.07 Å². The zero-order valence-corrected chi connectivity index (χ0v) is 12.2. The van der Waals surface area contributed by atoms with Crippen molar-refractivity contribution < 1.29 is 9.13 Å². The Balaban J connectivity index is 1.75. The van der Waals surface area contributed by atoms with E-state index in [4.69, 9.17) is 10.00 Å². The molecule has 1 aromatic carbocycles. The van der Waals surface area contributed by atoms with Crippen molar-refractivity contribution in [2.24, 2.45) is 7.05 Å². The number of rotatable bonds is 3. The van der Waals surface area contributed by atoms with Gasteiger partial charge in [-0.15, -0.1) is 10.2 Å². The van der Waals surface area contributed by atoms with Crippen LogP contribution in [0.1, 0.15) is 23.1 Å². The second-order valence-corrected chi connectivity index (χ2v) is 5.31.